The van der Waals surface area contributed by atoms with Crippen LogP contribution in [0.3, 0.4) is 0 Å². The minimum absolute atomic E-state index is 0.00214. The average molecular weight is 644 g/mol. The van der Waals surface area contributed by atoms with Crippen LogP contribution in [0.25, 0.3) is 83.9 Å². The Bertz CT molecular complexity index is 3400. The molecule has 0 fully saturated rings. The lowest BCUT2D eigenvalue weighted by atomic mass is 9.93. The summed E-state index contributed by atoms with van der Waals surface area (Å²) in [5, 5.41) is -0.409. The van der Waals surface area contributed by atoms with Crippen LogP contribution in [0.15, 0.2) is 182 Å². The van der Waals surface area contributed by atoms with E-state index in [1.807, 2.05) is 0 Å². The van der Waals surface area contributed by atoms with Gasteiger partial charge < -0.3 is 4.57 Å². The van der Waals surface area contributed by atoms with Gasteiger partial charge in [0.1, 0.15) is 0 Å². The van der Waals surface area contributed by atoms with E-state index in [0.29, 0.717) is 11.1 Å². The van der Waals surface area contributed by atoms with Crippen LogP contribution < -0.4 is 0 Å². The number of hydrogen-bond donors (Lipinski definition) is 0. The van der Waals surface area contributed by atoms with E-state index in [4.69, 9.17) is 34.1 Å². The molecule has 0 spiro atoms. The van der Waals surface area contributed by atoms with Gasteiger partial charge in [0.05, 0.1) is 40.0 Å². The predicted octanol–water partition coefficient (Wildman–Crippen LogP) is 11.3. The van der Waals surface area contributed by atoms with Crippen molar-refractivity contribution in [1.82, 2.24) is 19.5 Å². The third kappa shape index (κ3) is 5.16. The highest BCUT2D eigenvalue weighted by atomic mass is 15.1. The number of para-hydroxylation sites is 2. The molecular formula is C45H30N4. The minimum Gasteiger partial charge on any atom is -0.309 e. The predicted molar refractivity (Wildman–Crippen MR) is 201 cm³/mol. The van der Waals surface area contributed by atoms with Gasteiger partial charge in [-0.05, 0) is 46.5 Å². The van der Waals surface area contributed by atoms with Crippen molar-refractivity contribution in [3.63, 3.8) is 0 Å². The van der Waals surface area contributed by atoms with Crippen molar-refractivity contribution >= 4 is 21.8 Å². The van der Waals surface area contributed by atoms with Crippen molar-refractivity contribution in [2.24, 2.45) is 0 Å². The van der Waals surface area contributed by atoms with Crippen LogP contribution in [0, 0.1) is 0 Å². The summed E-state index contributed by atoms with van der Waals surface area (Å²) in [7, 11) is 0. The molecule has 2 heterocycles. The number of rotatable bonds is 6. The molecule has 49 heavy (non-hydrogen) atoms. The standard InChI is InChI=1S/C45H30N4/c1-4-16-31(17-5-1)35-22-10-11-23-36(35)34-28-29-42(49-40-26-14-12-24-37(40)38-25-13-15-27-41(38)49)39(30-34)45-47-43(32-18-6-2-7-19-32)46-44(48-45)33-20-8-3-9-21-33/h1-30H/i1D,4D,5D,10D,11D,12D,13D,14D,15D,16D,17D,22D,23D,24D,25D,26D,27D. The quantitative estimate of drug-likeness (QED) is 0.181. The van der Waals surface area contributed by atoms with Crippen LogP contribution in [0.2, 0.25) is 0 Å². The third-order valence-electron chi connectivity index (χ3n) is 7.94. The Morgan fingerprint density at radius 3 is 1.47 bits per heavy atom. The maximum Gasteiger partial charge on any atom is 0.166 e. The zero-order valence-electron chi connectivity index (χ0n) is 42.3. The van der Waals surface area contributed by atoms with Gasteiger partial charge in [0.2, 0.25) is 0 Å². The van der Waals surface area contributed by atoms with Gasteiger partial charge in [0.15, 0.2) is 17.5 Å². The van der Waals surface area contributed by atoms with Crippen LogP contribution in [0.1, 0.15) is 23.3 Å². The van der Waals surface area contributed by atoms with E-state index in [0.717, 1.165) is 0 Å². The maximum atomic E-state index is 9.26. The smallest absolute Gasteiger partial charge is 0.166 e. The van der Waals surface area contributed by atoms with Gasteiger partial charge in [-0.2, -0.15) is 0 Å². The highest BCUT2D eigenvalue weighted by Gasteiger charge is 2.20. The number of fused-ring (bicyclic) bond motifs is 3. The van der Waals surface area contributed by atoms with E-state index in [-0.39, 0.29) is 61.7 Å². The maximum absolute atomic E-state index is 9.26. The fourth-order valence-corrected chi connectivity index (χ4v) is 5.75. The number of nitrogens with zero attached hydrogens (tertiary/aromatic N) is 4. The normalized spacial score (nSPS) is 16.1. The van der Waals surface area contributed by atoms with Gasteiger partial charge in [-0.25, -0.2) is 15.0 Å². The second-order valence-electron chi connectivity index (χ2n) is 10.8. The van der Waals surface area contributed by atoms with Crippen LogP contribution in [0.5, 0.6) is 0 Å². The largest absolute Gasteiger partial charge is 0.309 e. The highest BCUT2D eigenvalue weighted by Crippen LogP contribution is 2.40. The zero-order valence-corrected chi connectivity index (χ0v) is 25.3. The van der Waals surface area contributed by atoms with Gasteiger partial charge in [-0.3, -0.25) is 0 Å². The summed E-state index contributed by atoms with van der Waals surface area (Å²) in [6, 6.07) is 10.6. The van der Waals surface area contributed by atoms with Crippen LogP contribution in [-0.4, -0.2) is 19.5 Å². The van der Waals surface area contributed by atoms with Crippen LogP contribution in [-0.2, 0) is 0 Å². The van der Waals surface area contributed by atoms with Crippen LogP contribution >= 0.6 is 0 Å². The lowest BCUT2D eigenvalue weighted by Crippen LogP contribution is -2.04. The minimum atomic E-state index is -0.743. The first-order valence-electron chi connectivity index (χ1n) is 23.6. The SMILES string of the molecule is [2H]c1c([2H])c([2H])c(-c2c([2H])c([2H])c([2H])c([2H])c2-c2ccc(-n3c4c([2H])c([2H])c([2H])c([2H])c4c4c([2H])c([2H])c([2H])c([2H])c43)c(-c3nc(-c4ccccc4)nc(-c4ccccc4)n3)c2)c([2H])c1[2H]. The lowest BCUT2D eigenvalue weighted by molar-refractivity contribution is 1.06. The Morgan fingerprint density at radius 2 is 0.878 bits per heavy atom. The molecular weight excluding hydrogens is 597 g/mol. The molecule has 0 saturated carbocycles. The molecule has 4 nitrogen and oxygen atoms in total. The summed E-state index contributed by atoms with van der Waals surface area (Å²) >= 11 is 0. The first-order valence-corrected chi connectivity index (χ1v) is 15.1. The van der Waals surface area contributed by atoms with E-state index in [9.17, 15) is 4.11 Å². The van der Waals surface area contributed by atoms with Gasteiger partial charge in [-0.15, -0.1) is 0 Å². The molecule has 9 rings (SSSR count). The molecule has 2 aromatic heterocycles. The first kappa shape index (κ1) is 16.0. The second-order valence-corrected chi connectivity index (χ2v) is 10.8. The zero-order chi connectivity index (χ0) is 47.4. The third-order valence-corrected chi connectivity index (χ3v) is 7.94. The van der Waals surface area contributed by atoms with Crippen molar-refractivity contribution in [1.29, 1.82) is 0 Å². The van der Waals surface area contributed by atoms with Crippen LogP contribution in [0.4, 0.5) is 0 Å². The average Bonchev–Trinajstić information content (AvgIpc) is 3.70. The second kappa shape index (κ2) is 12.2. The monoisotopic (exact) mass is 643 g/mol. The van der Waals surface area contributed by atoms with Crippen molar-refractivity contribution < 1.29 is 23.3 Å². The Balaban J connectivity index is 1.51. The number of benzene rings is 7. The summed E-state index contributed by atoms with van der Waals surface area (Å²) in [6.07, 6.45) is 0. The van der Waals surface area contributed by atoms with Crippen molar-refractivity contribution in [2.45, 2.75) is 0 Å². The Hall–Kier alpha value is -6.65. The molecule has 9 aromatic rings. The molecule has 0 saturated heterocycles. The molecule has 0 unspecified atom stereocenters. The summed E-state index contributed by atoms with van der Waals surface area (Å²) in [6.45, 7) is 0. The Morgan fingerprint density at radius 1 is 0.388 bits per heavy atom. The fraction of sp³-hybridized carbons (Fsp3) is 0. The summed E-state index contributed by atoms with van der Waals surface area (Å²) in [5.74, 6) is 0.244. The summed E-state index contributed by atoms with van der Waals surface area (Å²) < 4.78 is 151. The molecule has 0 aliphatic carbocycles. The van der Waals surface area contributed by atoms with Gasteiger partial charge in [0.25, 0.3) is 0 Å². The Kier molecular flexibility index (Phi) is 3.97. The van der Waals surface area contributed by atoms with E-state index in [2.05, 4.69) is 0 Å². The summed E-state index contributed by atoms with van der Waals surface area (Å²) in [5.41, 5.74) is -0.533. The lowest BCUT2D eigenvalue weighted by Gasteiger charge is -2.17. The van der Waals surface area contributed by atoms with Gasteiger partial charge in [0, 0.05) is 27.5 Å². The molecule has 230 valence electrons. The number of aromatic nitrogens is 4. The molecule has 0 N–H and O–H groups in total. The van der Waals surface area contributed by atoms with E-state index in [1.54, 1.807) is 60.7 Å². The van der Waals surface area contributed by atoms with E-state index in [1.165, 1.54) is 22.8 Å². The molecule has 0 aliphatic heterocycles. The Labute approximate surface area is 308 Å². The highest BCUT2D eigenvalue weighted by molar-refractivity contribution is 6.09. The van der Waals surface area contributed by atoms with Gasteiger partial charge in [-0.1, -0.05) is 157 Å². The molecule has 0 aliphatic rings. The molecule has 0 radical (unpaired) electrons. The molecule has 0 atom stereocenters. The van der Waals surface area contributed by atoms with Crippen molar-refractivity contribution in [3.8, 4) is 62.1 Å². The summed E-state index contributed by atoms with van der Waals surface area (Å²) in [4.78, 5) is 14.6. The first-order chi connectivity index (χ1) is 31.4. The van der Waals surface area contributed by atoms with Crippen molar-refractivity contribution in [2.75, 3.05) is 0 Å². The fourth-order valence-electron chi connectivity index (χ4n) is 5.75. The van der Waals surface area contributed by atoms with Gasteiger partial charge >= 0.3 is 0 Å². The van der Waals surface area contributed by atoms with Crippen molar-refractivity contribution in [3.05, 3.63) is 182 Å². The topological polar surface area (TPSA) is 43.6 Å². The van der Waals surface area contributed by atoms with E-state index >= 15 is 0 Å². The molecule has 0 bridgehead atoms. The molecule has 0 amide bonds. The molecule has 4 heteroatoms. The number of hydrogen-bond acceptors (Lipinski definition) is 3. The van der Waals surface area contributed by atoms with E-state index < -0.39 is 114 Å². The molecule has 7 aromatic carbocycles.